The molecule has 130 valence electrons. The minimum Gasteiger partial charge on any atom is -0.481 e. The van der Waals surface area contributed by atoms with Crippen molar-refractivity contribution in [1.29, 1.82) is 0 Å². The van der Waals surface area contributed by atoms with Crippen molar-refractivity contribution in [2.75, 3.05) is 13.1 Å². The average Bonchev–Trinajstić information content (AvgIpc) is 3.15. The number of hydrogen-bond donors (Lipinski definition) is 2. The lowest BCUT2D eigenvalue weighted by molar-refractivity contribution is -0.141. The number of amides is 2. The molecule has 0 saturated heterocycles. The summed E-state index contributed by atoms with van der Waals surface area (Å²) in [4.78, 5) is 37.4. The third-order valence-electron chi connectivity index (χ3n) is 4.25. The summed E-state index contributed by atoms with van der Waals surface area (Å²) in [5.74, 6) is -2.02. The Morgan fingerprint density at radius 3 is 2.76 bits per heavy atom. The van der Waals surface area contributed by atoms with Crippen LogP contribution in [-0.4, -0.2) is 40.9 Å². The van der Waals surface area contributed by atoms with E-state index in [0.29, 0.717) is 12.1 Å². The molecule has 1 aliphatic rings. The number of thiophene rings is 1. The molecule has 0 aliphatic carbocycles. The largest absolute Gasteiger partial charge is 0.481 e. The Kier molecular flexibility index (Phi) is 5.14. The summed E-state index contributed by atoms with van der Waals surface area (Å²) in [5.41, 5.74) is 2.21. The van der Waals surface area contributed by atoms with Crippen LogP contribution < -0.4 is 5.32 Å². The molecule has 2 aromatic rings. The topological polar surface area (TPSA) is 86.7 Å². The lowest BCUT2D eigenvalue weighted by atomic mass is 9.89. The summed E-state index contributed by atoms with van der Waals surface area (Å²) in [5, 5.41) is 15.7. The summed E-state index contributed by atoms with van der Waals surface area (Å²) in [6.07, 6.45) is 0.143. The number of carboxylic acids is 1. The molecule has 1 aliphatic heterocycles. The number of rotatable bonds is 5. The van der Waals surface area contributed by atoms with Crippen molar-refractivity contribution in [2.24, 2.45) is 0 Å². The number of nitrogens with one attached hydrogen (secondary N) is 1. The Labute approximate surface area is 149 Å². The first-order valence-corrected chi connectivity index (χ1v) is 8.89. The highest BCUT2D eigenvalue weighted by Crippen LogP contribution is 2.28. The van der Waals surface area contributed by atoms with Gasteiger partial charge in [-0.3, -0.25) is 14.4 Å². The normalized spacial score (nSPS) is 16.2. The fraction of sp³-hybridized carbons (Fsp3) is 0.278. The van der Waals surface area contributed by atoms with E-state index in [1.807, 2.05) is 23.6 Å². The molecule has 0 spiro atoms. The molecule has 25 heavy (non-hydrogen) atoms. The zero-order valence-electron chi connectivity index (χ0n) is 13.5. The number of carbonyl (C=O) groups excluding carboxylic acids is 2. The maximum Gasteiger partial charge on any atom is 0.312 e. The second kappa shape index (κ2) is 7.48. The highest BCUT2D eigenvalue weighted by Gasteiger charge is 2.32. The summed E-state index contributed by atoms with van der Waals surface area (Å²) >= 11 is 1.44. The van der Waals surface area contributed by atoms with Gasteiger partial charge >= 0.3 is 5.97 Å². The maximum absolute atomic E-state index is 12.4. The van der Waals surface area contributed by atoms with Crippen LogP contribution in [0.3, 0.4) is 0 Å². The Bertz CT molecular complexity index is 788. The number of nitrogens with zero attached hydrogens (tertiary/aromatic N) is 1. The van der Waals surface area contributed by atoms with Gasteiger partial charge in [-0.1, -0.05) is 24.3 Å². The van der Waals surface area contributed by atoms with E-state index in [9.17, 15) is 19.5 Å². The van der Waals surface area contributed by atoms with Crippen LogP contribution in [0.5, 0.6) is 0 Å². The minimum atomic E-state index is -0.935. The molecule has 0 radical (unpaired) electrons. The van der Waals surface area contributed by atoms with Crippen LogP contribution in [-0.2, 0) is 16.1 Å². The van der Waals surface area contributed by atoms with E-state index in [1.54, 1.807) is 22.4 Å². The standard InChI is InChI=1S/C18H18N2O4S/c21-16(5-7-19-17(22)13-6-8-25-11-13)20-9-12-3-1-2-4-14(12)15(10-20)18(23)24/h1-4,6,8,11,15H,5,7,9-10H2,(H,19,22)(H,23,24). The first-order valence-electron chi connectivity index (χ1n) is 7.95. The van der Waals surface area contributed by atoms with Crippen LogP contribution in [0, 0.1) is 0 Å². The van der Waals surface area contributed by atoms with Crippen molar-refractivity contribution in [3.05, 3.63) is 57.8 Å². The Balaban J connectivity index is 1.59. The Hall–Kier alpha value is -2.67. The predicted octanol–water partition coefficient (Wildman–Crippen LogP) is 2.08. The Morgan fingerprint density at radius 2 is 2.04 bits per heavy atom. The lowest BCUT2D eigenvalue weighted by Crippen LogP contribution is -2.41. The smallest absolute Gasteiger partial charge is 0.312 e. The molecule has 1 aromatic carbocycles. The van der Waals surface area contributed by atoms with Crippen molar-refractivity contribution in [2.45, 2.75) is 18.9 Å². The molecule has 2 heterocycles. The number of fused-ring (bicyclic) bond motifs is 1. The first kappa shape index (κ1) is 17.2. The molecule has 1 unspecified atom stereocenters. The molecular weight excluding hydrogens is 340 g/mol. The van der Waals surface area contributed by atoms with E-state index in [2.05, 4.69) is 5.32 Å². The summed E-state index contributed by atoms with van der Waals surface area (Å²) < 4.78 is 0. The zero-order valence-corrected chi connectivity index (χ0v) is 14.3. The number of aliphatic carboxylic acids is 1. The lowest BCUT2D eigenvalue weighted by Gasteiger charge is -2.33. The van der Waals surface area contributed by atoms with Gasteiger partial charge in [0, 0.05) is 37.0 Å². The molecule has 2 amide bonds. The van der Waals surface area contributed by atoms with Gasteiger partial charge in [0.2, 0.25) is 5.91 Å². The third-order valence-corrected chi connectivity index (χ3v) is 4.94. The van der Waals surface area contributed by atoms with Gasteiger partial charge < -0.3 is 15.3 Å². The van der Waals surface area contributed by atoms with Crippen LogP contribution in [0.25, 0.3) is 0 Å². The van der Waals surface area contributed by atoms with E-state index in [1.165, 1.54) is 11.3 Å². The number of benzene rings is 1. The zero-order chi connectivity index (χ0) is 17.8. The SMILES string of the molecule is O=C(NCCC(=O)N1Cc2ccccc2C(C(=O)O)C1)c1ccsc1. The van der Waals surface area contributed by atoms with Crippen LogP contribution in [0.2, 0.25) is 0 Å². The van der Waals surface area contributed by atoms with Gasteiger partial charge in [-0.05, 0) is 22.6 Å². The Morgan fingerprint density at radius 1 is 1.24 bits per heavy atom. The van der Waals surface area contributed by atoms with Crippen LogP contribution >= 0.6 is 11.3 Å². The predicted molar refractivity (Wildman–Crippen MR) is 93.5 cm³/mol. The van der Waals surface area contributed by atoms with Crippen LogP contribution in [0.4, 0.5) is 0 Å². The summed E-state index contributed by atoms with van der Waals surface area (Å²) in [6.45, 7) is 0.782. The van der Waals surface area contributed by atoms with Crippen molar-refractivity contribution >= 4 is 29.1 Å². The molecule has 6 nitrogen and oxygen atoms in total. The van der Waals surface area contributed by atoms with Crippen molar-refractivity contribution in [3.63, 3.8) is 0 Å². The maximum atomic E-state index is 12.4. The number of carboxylic acid groups (broad SMARTS) is 1. The first-order chi connectivity index (χ1) is 12.1. The van der Waals surface area contributed by atoms with Gasteiger partial charge in [0.05, 0.1) is 5.92 Å². The van der Waals surface area contributed by atoms with Crippen molar-refractivity contribution in [3.8, 4) is 0 Å². The quantitative estimate of drug-likeness (QED) is 0.857. The molecular formula is C18H18N2O4S. The van der Waals surface area contributed by atoms with Crippen LogP contribution in [0.15, 0.2) is 41.1 Å². The molecule has 0 fully saturated rings. The molecule has 3 rings (SSSR count). The fourth-order valence-electron chi connectivity index (χ4n) is 2.94. The molecule has 0 saturated carbocycles. The van der Waals surface area contributed by atoms with E-state index in [4.69, 9.17) is 0 Å². The van der Waals surface area contributed by atoms with E-state index in [-0.39, 0.29) is 31.3 Å². The second-order valence-corrected chi connectivity index (χ2v) is 6.66. The van der Waals surface area contributed by atoms with Gasteiger partial charge in [0.15, 0.2) is 0 Å². The summed E-state index contributed by atoms with van der Waals surface area (Å²) in [7, 11) is 0. The minimum absolute atomic E-state index is 0.143. The van der Waals surface area contributed by atoms with Crippen molar-refractivity contribution < 1.29 is 19.5 Å². The molecule has 1 aromatic heterocycles. The van der Waals surface area contributed by atoms with Gasteiger partial charge in [-0.2, -0.15) is 11.3 Å². The monoisotopic (exact) mass is 358 g/mol. The van der Waals surface area contributed by atoms with E-state index >= 15 is 0 Å². The van der Waals surface area contributed by atoms with Gasteiger partial charge in [0.25, 0.3) is 5.91 Å². The van der Waals surface area contributed by atoms with E-state index < -0.39 is 11.9 Å². The van der Waals surface area contributed by atoms with Gasteiger partial charge in [-0.25, -0.2) is 0 Å². The number of carbonyl (C=O) groups is 3. The highest BCUT2D eigenvalue weighted by atomic mass is 32.1. The van der Waals surface area contributed by atoms with Gasteiger partial charge in [0.1, 0.15) is 0 Å². The van der Waals surface area contributed by atoms with Gasteiger partial charge in [-0.15, -0.1) is 0 Å². The highest BCUT2D eigenvalue weighted by molar-refractivity contribution is 7.08. The van der Waals surface area contributed by atoms with Crippen molar-refractivity contribution in [1.82, 2.24) is 10.2 Å². The van der Waals surface area contributed by atoms with Crippen LogP contribution in [0.1, 0.15) is 33.8 Å². The fourth-order valence-corrected chi connectivity index (χ4v) is 3.58. The molecule has 7 heteroatoms. The van der Waals surface area contributed by atoms with E-state index in [0.717, 1.165) is 11.1 Å². The number of hydrogen-bond acceptors (Lipinski definition) is 4. The molecule has 1 atom stereocenters. The summed E-state index contributed by atoms with van der Waals surface area (Å²) in [6, 6.07) is 9.03. The molecule has 0 bridgehead atoms. The average molecular weight is 358 g/mol. The second-order valence-electron chi connectivity index (χ2n) is 5.88. The molecule has 2 N–H and O–H groups in total. The third kappa shape index (κ3) is 3.88.